The van der Waals surface area contributed by atoms with Crippen molar-refractivity contribution >= 4 is 16.8 Å². The maximum Gasteiger partial charge on any atom is 0.252 e. The highest BCUT2D eigenvalue weighted by atomic mass is 19.1. The minimum absolute atomic E-state index is 0.316. The Morgan fingerprint density at radius 3 is 2.80 bits per heavy atom. The lowest BCUT2D eigenvalue weighted by atomic mass is 10.0. The Morgan fingerprint density at radius 2 is 2.12 bits per heavy atom. The summed E-state index contributed by atoms with van der Waals surface area (Å²) in [6.07, 6.45) is 2.14. The van der Waals surface area contributed by atoms with E-state index in [0.717, 1.165) is 18.5 Å². The number of rotatable bonds is 4. The van der Waals surface area contributed by atoms with Crippen molar-refractivity contribution in [3.8, 4) is 0 Å². The van der Waals surface area contributed by atoms with Crippen LogP contribution in [0.3, 0.4) is 0 Å². The van der Waals surface area contributed by atoms with Gasteiger partial charge >= 0.3 is 0 Å². The Hall–Kier alpha value is -2.83. The molecule has 1 aliphatic carbocycles. The Balaban J connectivity index is 1.71. The molecule has 0 unspecified atom stereocenters. The second kappa shape index (κ2) is 5.91. The van der Waals surface area contributed by atoms with Crippen LogP contribution in [0.25, 0.3) is 10.9 Å². The van der Waals surface area contributed by atoms with E-state index in [9.17, 15) is 9.18 Å². The molecule has 1 N–H and O–H groups in total. The van der Waals surface area contributed by atoms with Gasteiger partial charge in [-0.2, -0.15) is 4.98 Å². The van der Waals surface area contributed by atoms with Gasteiger partial charge in [-0.15, -0.1) is 0 Å². The number of carbonyl (C=O) groups is 1. The van der Waals surface area contributed by atoms with Gasteiger partial charge in [0.15, 0.2) is 5.82 Å². The van der Waals surface area contributed by atoms with Gasteiger partial charge in [0.05, 0.1) is 11.1 Å². The minimum atomic E-state index is -0.449. The highest BCUT2D eigenvalue weighted by Crippen LogP contribution is 2.40. The van der Waals surface area contributed by atoms with Gasteiger partial charge in [-0.3, -0.25) is 9.78 Å². The lowest BCUT2D eigenvalue weighted by molar-refractivity contribution is 0.0934. The predicted molar refractivity (Wildman–Crippen MR) is 88.6 cm³/mol. The normalized spacial score (nSPS) is 15.3. The molecule has 25 heavy (non-hydrogen) atoms. The molecule has 7 heteroatoms. The maximum absolute atomic E-state index is 13.7. The van der Waals surface area contributed by atoms with Crippen LogP contribution in [0.1, 0.15) is 59.5 Å². The maximum atomic E-state index is 13.7. The summed E-state index contributed by atoms with van der Waals surface area (Å²) >= 11 is 0. The first-order chi connectivity index (χ1) is 12.0. The first-order valence-electron chi connectivity index (χ1n) is 8.22. The lowest BCUT2D eigenvalue weighted by Gasteiger charge is -2.13. The van der Waals surface area contributed by atoms with Crippen molar-refractivity contribution in [1.82, 2.24) is 20.4 Å². The summed E-state index contributed by atoms with van der Waals surface area (Å²) in [5.41, 5.74) is 1.91. The van der Waals surface area contributed by atoms with Crippen molar-refractivity contribution in [3.05, 3.63) is 53.1 Å². The van der Waals surface area contributed by atoms with E-state index in [1.165, 1.54) is 12.1 Å². The van der Waals surface area contributed by atoms with Crippen LogP contribution in [0.5, 0.6) is 0 Å². The van der Waals surface area contributed by atoms with Gasteiger partial charge in [0.2, 0.25) is 5.89 Å². The highest BCUT2D eigenvalue weighted by Gasteiger charge is 2.27. The van der Waals surface area contributed by atoms with E-state index < -0.39 is 11.9 Å². The predicted octanol–water partition coefficient (Wildman–Crippen LogP) is 3.43. The first kappa shape index (κ1) is 15.7. The van der Waals surface area contributed by atoms with E-state index in [1.807, 2.05) is 0 Å². The molecule has 1 amide bonds. The van der Waals surface area contributed by atoms with Gasteiger partial charge in [-0.05, 0) is 51.0 Å². The number of fused-ring (bicyclic) bond motifs is 1. The highest BCUT2D eigenvalue weighted by molar-refractivity contribution is 6.06. The molecule has 0 spiro atoms. The molecule has 6 nitrogen and oxygen atoms in total. The average molecular weight is 340 g/mol. The third kappa shape index (κ3) is 3.09. The van der Waals surface area contributed by atoms with Crippen LogP contribution in [-0.2, 0) is 0 Å². The second-order valence-electron chi connectivity index (χ2n) is 6.41. The molecule has 0 radical (unpaired) electrons. The first-order valence-corrected chi connectivity index (χ1v) is 8.22. The van der Waals surface area contributed by atoms with Crippen LogP contribution in [0.15, 0.2) is 28.8 Å². The molecule has 0 saturated heterocycles. The summed E-state index contributed by atoms with van der Waals surface area (Å²) < 4.78 is 18.8. The second-order valence-corrected chi connectivity index (χ2v) is 6.41. The topological polar surface area (TPSA) is 80.9 Å². The molecular formula is C18H17FN4O2. The van der Waals surface area contributed by atoms with Crippen LogP contribution in [-0.4, -0.2) is 21.0 Å². The number of aromatic nitrogens is 3. The number of benzene rings is 1. The number of pyridine rings is 1. The van der Waals surface area contributed by atoms with Gasteiger partial charge in [0.25, 0.3) is 5.91 Å². The summed E-state index contributed by atoms with van der Waals surface area (Å²) in [6.45, 7) is 3.47. The molecular weight excluding hydrogens is 323 g/mol. The molecule has 2 heterocycles. The fraction of sp³-hybridized carbons (Fsp3) is 0.333. The van der Waals surface area contributed by atoms with Crippen molar-refractivity contribution < 1.29 is 13.7 Å². The minimum Gasteiger partial charge on any atom is -0.340 e. The Bertz CT molecular complexity index is 965. The van der Waals surface area contributed by atoms with E-state index in [2.05, 4.69) is 20.4 Å². The molecule has 1 fully saturated rings. The smallest absolute Gasteiger partial charge is 0.252 e. The fourth-order valence-corrected chi connectivity index (χ4v) is 2.82. The molecule has 128 valence electrons. The molecule has 1 atom stereocenters. The monoisotopic (exact) mass is 340 g/mol. The summed E-state index contributed by atoms with van der Waals surface area (Å²) in [6, 6.07) is 5.63. The van der Waals surface area contributed by atoms with Crippen molar-refractivity contribution in [2.24, 2.45) is 0 Å². The fourth-order valence-electron chi connectivity index (χ4n) is 2.82. The van der Waals surface area contributed by atoms with Crippen LogP contribution in [0, 0.1) is 12.7 Å². The molecule has 0 aliphatic heterocycles. The van der Waals surface area contributed by atoms with E-state index in [-0.39, 0.29) is 5.91 Å². The van der Waals surface area contributed by atoms with E-state index in [4.69, 9.17) is 4.52 Å². The molecule has 1 saturated carbocycles. The number of hydrogen-bond acceptors (Lipinski definition) is 5. The third-order valence-corrected chi connectivity index (χ3v) is 4.29. The van der Waals surface area contributed by atoms with E-state index >= 15 is 0 Å². The number of nitrogens with zero attached hydrogens (tertiary/aromatic N) is 3. The molecule has 2 aromatic heterocycles. The van der Waals surface area contributed by atoms with Crippen molar-refractivity contribution in [3.63, 3.8) is 0 Å². The Labute approximate surface area is 143 Å². The summed E-state index contributed by atoms with van der Waals surface area (Å²) in [5, 5.41) is 7.06. The summed E-state index contributed by atoms with van der Waals surface area (Å²) in [7, 11) is 0. The third-order valence-electron chi connectivity index (χ3n) is 4.29. The zero-order chi connectivity index (χ0) is 17.6. The zero-order valence-corrected chi connectivity index (χ0v) is 13.9. The van der Waals surface area contributed by atoms with Gasteiger partial charge in [-0.25, -0.2) is 4.39 Å². The molecule has 0 bridgehead atoms. The van der Waals surface area contributed by atoms with Crippen molar-refractivity contribution in [1.29, 1.82) is 0 Å². The number of aryl methyl sites for hydroxylation is 1. The number of halogens is 1. The van der Waals surface area contributed by atoms with E-state index in [0.29, 0.717) is 34.1 Å². The van der Waals surface area contributed by atoms with Crippen molar-refractivity contribution in [2.75, 3.05) is 0 Å². The number of amides is 1. The SMILES string of the molecule is Cc1noc([C@H](C)NC(=O)c2cc(C3CC3)nc3ccc(F)cc23)n1. The van der Waals surface area contributed by atoms with Crippen LogP contribution < -0.4 is 5.32 Å². The summed E-state index contributed by atoms with van der Waals surface area (Å²) in [4.78, 5) is 21.5. The zero-order valence-electron chi connectivity index (χ0n) is 13.9. The van der Waals surface area contributed by atoms with Crippen LogP contribution >= 0.6 is 0 Å². The quantitative estimate of drug-likeness (QED) is 0.787. The number of nitrogens with one attached hydrogen (secondary N) is 1. The lowest BCUT2D eigenvalue weighted by Crippen LogP contribution is -2.27. The standard InChI is InChI=1S/C18H17FN4O2/c1-9(18-21-10(2)23-25-18)20-17(24)14-8-16(11-3-4-11)22-15-6-5-12(19)7-13(14)15/h5-9,11H,3-4H2,1-2H3,(H,20,24)/t9-/m0/s1. The van der Waals surface area contributed by atoms with Crippen LogP contribution in [0.2, 0.25) is 0 Å². The Kier molecular flexibility index (Phi) is 3.71. The summed E-state index contributed by atoms with van der Waals surface area (Å²) in [5.74, 6) is 0.504. The van der Waals surface area contributed by atoms with Gasteiger partial charge in [0.1, 0.15) is 11.9 Å². The van der Waals surface area contributed by atoms with Crippen LogP contribution in [0.4, 0.5) is 4.39 Å². The van der Waals surface area contributed by atoms with Gasteiger partial charge < -0.3 is 9.84 Å². The average Bonchev–Trinajstić information content (AvgIpc) is 3.34. The Morgan fingerprint density at radius 1 is 1.32 bits per heavy atom. The van der Waals surface area contributed by atoms with Gasteiger partial charge in [0, 0.05) is 17.0 Å². The van der Waals surface area contributed by atoms with Crippen molar-refractivity contribution in [2.45, 2.75) is 38.6 Å². The van der Waals surface area contributed by atoms with Gasteiger partial charge in [-0.1, -0.05) is 5.16 Å². The molecule has 3 aromatic rings. The largest absolute Gasteiger partial charge is 0.340 e. The number of hydrogen-bond donors (Lipinski definition) is 1. The molecule has 1 aromatic carbocycles. The van der Waals surface area contributed by atoms with E-state index in [1.54, 1.807) is 26.0 Å². The molecule has 4 rings (SSSR count). The number of carbonyl (C=O) groups excluding carboxylic acids is 1. The molecule has 1 aliphatic rings.